The predicted molar refractivity (Wildman–Crippen MR) is 75.8 cm³/mol. The molecule has 19 heavy (non-hydrogen) atoms. The molecule has 98 valence electrons. The van der Waals surface area contributed by atoms with Crippen molar-refractivity contribution in [1.82, 2.24) is 0 Å². The van der Waals surface area contributed by atoms with Gasteiger partial charge in [0.2, 0.25) is 0 Å². The van der Waals surface area contributed by atoms with E-state index in [1.54, 1.807) is 12.1 Å². The molecular formula is C13H12N2O2S2. The highest BCUT2D eigenvalue weighted by molar-refractivity contribution is 7.94. The van der Waals surface area contributed by atoms with Crippen LogP contribution in [0.4, 0.5) is 5.69 Å². The number of aryl methyl sites for hydroxylation is 1. The number of anilines is 1. The van der Waals surface area contributed by atoms with Crippen LogP contribution < -0.4 is 4.31 Å². The summed E-state index contributed by atoms with van der Waals surface area (Å²) in [5.74, 6) is 0. The van der Waals surface area contributed by atoms with Crippen molar-refractivity contribution >= 4 is 27.0 Å². The van der Waals surface area contributed by atoms with Gasteiger partial charge < -0.3 is 0 Å². The summed E-state index contributed by atoms with van der Waals surface area (Å²) in [6.07, 6.45) is 0. The van der Waals surface area contributed by atoms with E-state index in [9.17, 15) is 8.42 Å². The van der Waals surface area contributed by atoms with Gasteiger partial charge in [0.15, 0.2) is 0 Å². The third-order valence-electron chi connectivity index (χ3n) is 2.70. The summed E-state index contributed by atoms with van der Waals surface area (Å²) in [7, 11) is -2.09. The van der Waals surface area contributed by atoms with Crippen LogP contribution >= 0.6 is 11.3 Å². The Hall–Kier alpha value is -1.84. The molecule has 4 nitrogen and oxygen atoms in total. The minimum absolute atomic E-state index is 0.173. The molecule has 0 unspecified atom stereocenters. The molecule has 6 heteroatoms. The van der Waals surface area contributed by atoms with Gasteiger partial charge in [-0.2, -0.15) is 5.26 Å². The predicted octanol–water partition coefficient (Wildman–Crippen LogP) is 2.75. The minimum atomic E-state index is -3.59. The first-order valence-corrected chi connectivity index (χ1v) is 7.76. The largest absolute Gasteiger partial charge is 0.273 e. The Labute approximate surface area is 116 Å². The van der Waals surface area contributed by atoms with E-state index in [1.807, 2.05) is 25.1 Å². The standard InChI is InChI=1S/C13H12N2O2S2/c1-10-3-5-11(6-4-10)15(2)19(16,17)13-8-7-12(9-14)18-13/h3-8H,1-2H3. The first kappa shape index (κ1) is 13.6. The average Bonchev–Trinajstić information content (AvgIpc) is 2.88. The molecule has 0 radical (unpaired) electrons. The molecule has 2 rings (SSSR count). The molecule has 1 aromatic heterocycles. The van der Waals surface area contributed by atoms with E-state index >= 15 is 0 Å². The normalized spacial score (nSPS) is 11.0. The van der Waals surface area contributed by atoms with Crippen molar-refractivity contribution in [2.24, 2.45) is 0 Å². The van der Waals surface area contributed by atoms with Gasteiger partial charge in [0, 0.05) is 7.05 Å². The molecular weight excluding hydrogens is 280 g/mol. The van der Waals surface area contributed by atoms with Gasteiger partial charge in [-0.3, -0.25) is 4.31 Å². The highest BCUT2D eigenvalue weighted by Gasteiger charge is 2.23. The van der Waals surface area contributed by atoms with E-state index in [1.165, 1.54) is 23.5 Å². The van der Waals surface area contributed by atoms with Crippen LogP contribution in [0.2, 0.25) is 0 Å². The highest BCUT2D eigenvalue weighted by atomic mass is 32.2. The van der Waals surface area contributed by atoms with Crippen LogP contribution in [0.1, 0.15) is 10.4 Å². The monoisotopic (exact) mass is 292 g/mol. The Morgan fingerprint density at radius 1 is 1.16 bits per heavy atom. The summed E-state index contributed by atoms with van der Waals surface area (Å²) in [6.45, 7) is 1.94. The summed E-state index contributed by atoms with van der Waals surface area (Å²) >= 11 is 0.975. The zero-order chi connectivity index (χ0) is 14.0. The Morgan fingerprint density at radius 2 is 1.79 bits per heavy atom. The maximum absolute atomic E-state index is 12.4. The quantitative estimate of drug-likeness (QED) is 0.874. The molecule has 0 spiro atoms. The number of nitriles is 1. The van der Waals surface area contributed by atoms with Crippen molar-refractivity contribution < 1.29 is 8.42 Å². The van der Waals surface area contributed by atoms with Gasteiger partial charge in [-0.15, -0.1) is 11.3 Å². The number of benzene rings is 1. The second-order valence-electron chi connectivity index (χ2n) is 4.04. The Balaban J connectivity index is 2.39. The smallest absolute Gasteiger partial charge is 0.269 e. The molecule has 0 atom stereocenters. The minimum Gasteiger partial charge on any atom is -0.269 e. The van der Waals surface area contributed by atoms with E-state index in [2.05, 4.69) is 0 Å². The molecule has 0 bridgehead atoms. The maximum atomic E-state index is 12.4. The van der Waals surface area contributed by atoms with Gasteiger partial charge in [-0.25, -0.2) is 8.42 Å². The Bertz CT molecular complexity index is 725. The summed E-state index contributed by atoms with van der Waals surface area (Å²) in [5.41, 5.74) is 1.66. The third kappa shape index (κ3) is 2.62. The lowest BCUT2D eigenvalue weighted by Crippen LogP contribution is -2.25. The Morgan fingerprint density at radius 3 is 2.32 bits per heavy atom. The molecule has 1 heterocycles. The second-order valence-corrected chi connectivity index (χ2v) is 7.32. The topological polar surface area (TPSA) is 61.2 Å². The molecule has 0 amide bonds. The molecule has 1 aromatic carbocycles. The SMILES string of the molecule is Cc1ccc(N(C)S(=O)(=O)c2ccc(C#N)s2)cc1. The van der Waals surface area contributed by atoms with Crippen molar-refractivity contribution in [1.29, 1.82) is 5.26 Å². The van der Waals surface area contributed by atoms with Gasteiger partial charge in [-0.1, -0.05) is 17.7 Å². The molecule has 0 saturated heterocycles. The number of sulfonamides is 1. The maximum Gasteiger partial charge on any atom is 0.273 e. The van der Waals surface area contributed by atoms with E-state index in [0.29, 0.717) is 10.6 Å². The lowest BCUT2D eigenvalue weighted by atomic mass is 10.2. The van der Waals surface area contributed by atoms with Gasteiger partial charge in [0.1, 0.15) is 15.2 Å². The lowest BCUT2D eigenvalue weighted by molar-refractivity contribution is 0.596. The molecule has 0 N–H and O–H groups in total. The van der Waals surface area contributed by atoms with Crippen molar-refractivity contribution in [3.8, 4) is 6.07 Å². The van der Waals surface area contributed by atoms with Crippen molar-refractivity contribution in [3.05, 3.63) is 46.8 Å². The van der Waals surface area contributed by atoms with Crippen molar-refractivity contribution in [3.63, 3.8) is 0 Å². The van der Waals surface area contributed by atoms with Gasteiger partial charge in [0.25, 0.3) is 10.0 Å². The molecule has 0 saturated carbocycles. The summed E-state index contributed by atoms with van der Waals surface area (Å²) in [4.78, 5) is 0.385. The Kier molecular flexibility index (Phi) is 3.60. The molecule has 0 aliphatic heterocycles. The van der Waals surface area contributed by atoms with Crippen molar-refractivity contribution in [2.75, 3.05) is 11.4 Å². The fourth-order valence-electron chi connectivity index (χ4n) is 1.55. The summed E-state index contributed by atoms with van der Waals surface area (Å²) < 4.78 is 26.1. The number of nitrogens with zero attached hydrogens (tertiary/aromatic N) is 2. The summed E-state index contributed by atoms with van der Waals surface area (Å²) in [5, 5.41) is 8.75. The molecule has 0 fully saturated rings. The molecule has 2 aromatic rings. The van der Waals surface area contributed by atoms with Crippen LogP contribution in [-0.4, -0.2) is 15.5 Å². The second kappa shape index (κ2) is 5.03. The van der Waals surface area contributed by atoms with Crippen LogP contribution in [0.25, 0.3) is 0 Å². The molecule has 0 aliphatic carbocycles. The van der Waals surface area contributed by atoms with Crippen LogP contribution in [0.15, 0.2) is 40.6 Å². The zero-order valence-electron chi connectivity index (χ0n) is 10.5. The van der Waals surface area contributed by atoms with Gasteiger partial charge >= 0.3 is 0 Å². The average molecular weight is 292 g/mol. The highest BCUT2D eigenvalue weighted by Crippen LogP contribution is 2.27. The number of hydrogen-bond acceptors (Lipinski definition) is 4. The first-order valence-electron chi connectivity index (χ1n) is 5.50. The van der Waals surface area contributed by atoms with Gasteiger partial charge in [-0.05, 0) is 31.2 Å². The van der Waals surface area contributed by atoms with E-state index in [-0.39, 0.29) is 4.21 Å². The fourth-order valence-corrected chi connectivity index (χ4v) is 4.02. The summed E-state index contributed by atoms with van der Waals surface area (Å²) in [6, 6.07) is 12.1. The van der Waals surface area contributed by atoms with Gasteiger partial charge in [0.05, 0.1) is 5.69 Å². The number of thiophene rings is 1. The van der Waals surface area contributed by atoms with Crippen LogP contribution in [0.3, 0.4) is 0 Å². The third-order valence-corrected chi connectivity index (χ3v) is 5.95. The first-order chi connectivity index (χ1) is 8.95. The number of rotatable bonds is 3. The fraction of sp³-hybridized carbons (Fsp3) is 0.154. The lowest BCUT2D eigenvalue weighted by Gasteiger charge is -2.18. The van der Waals surface area contributed by atoms with Crippen LogP contribution in [0, 0.1) is 18.3 Å². The zero-order valence-corrected chi connectivity index (χ0v) is 12.1. The van der Waals surface area contributed by atoms with Crippen molar-refractivity contribution in [2.45, 2.75) is 11.1 Å². The van der Waals surface area contributed by atoms with Crippen LogP contribution in [-0.2, 0) is 10.0 Å². The van der Waals surface area contributed by atoms with E-state index < -0.39 is 10.0 Å². The van der Waals surface area contributed by atoms with E-state index in [4.69, 9.17) is 5.26 Å². The molecule has 0 aliphatic rings. The van der Waals surface area contributed by atoms with E-state index in [0.717, 1.165) is 16.9 Å². The van der Waals surface area contributed by atoms with Crippen LogP contribution in [0.5, 0.6) is 0 Å². The number of hydrogen-bond donors (Lipinski definition) is 0.